The third kappa shape index (κ3) is 5.41. The molecule has 1 aliphatic rings. The Morgan fingerprint density at radius 2 is 1.94 bits per heavy atom. The standard InChI is InChI=1S/C27H34N4O3/c1-5-20(3)31(18-25-28-26(29-34-25)21-10-14-24(33-4)15-11-21)27(32)22-7-6-16-30(17-22)23-12-8-19(2)9-13-23/h8-15,20,22H,5-7,16-18H2,1-4H3/t20-,22-/m1/s1. The highest BCUT2D eigenvalue weighted by molar-refractivity contribution is 5.80. The Morgan fingerprint density at radius 1 is 1.21 bits per heavy atom. The van der Waals surface area contributed by atoms with Gasteiger partial charge in [-0.2, -0.15) is 4.98 Å². The van der Waals surface area contributed by atoms with Gasteiger partial charge in [0.05, 0.1) is 13.0 Å². The second-order valence-corrected chi connectivity index (χ2v) is 9.08. The summed E-state index contributed by atoms with van der Waals surface area (Å²) in [5.74, 6) is 1.85. The van der Waals surface area contributed by atoms with Crippen molar-refractivity contribution in [2.24, 2.45) is 5.92 Å². The lowest BCUT2D eigenvalue weighted by Crippen LogP contribution is -2.47. The van der Waals surface area contributed by atoms with E-state index in [2.05, 4.69) is 60.1 Å². The maximum Gasteiger partial charge on any atom is 0.246 e. The fraction of sp³-hybridized carbons (Fsp3) is 0.444. The highest BCUT2D eigenvalue weighted by atomic mass is 16.5. The largest absolute Gasteiger partial charge is 0.497 e. The molecule has 0 saturated carbocycles. The average Bonchev–Trinajstić information content (AvgIpc) is 3.35. The first-order valence-electron chi connectivity index (χ1n) is 12.1. The molecule has 0 aliphatic carbocycles. The third-order valence-electron chi connectivity index (χ3n) is 6.70. The number of piperidine rings is 1. The van der Waals surface area contributed by atoms with Crippen LogP contribution in [0.5, 0.6) is 5.75 Å². The van der Waals surface area contributed by atoms with Crippen LogP contribution in [0.3, 0.4) is 0 Å². The number of benzene rings is 2. The van der Waals surface area contributed by atoms with Crippen molar-refractivity contribution in [3.63, 3.8) is 0 Å². The molecule has 7 nitrogen and oxygen atoms in total. The fourth-order valence-corrected chi connectivity index (χ4v) is 4.40. The van der Waals surface area contributed by atoms with Gasteiger partial charge >= 0.3 is 0 Å². The van der Waals surface area contributed by atoms with E-state index < -0.39 is 0 Å². The summed E-state index contributed by atoms with van der Waals surface area (Å²) in [6.45, 7) is 8.30. The zero-order valence-corrected chi connectivity index (χ0v) is 20.5. The predicted molar refractivity (Wildman–Crippen MR) is 133 cm³/mol. The van der Waals surface area contributed by atoms with Crippen molar-refractivity contribution in [3.05, 3.63) is 60.0 Å². The number of aryl methyl sites for hydroxylation is 1. The van der Waals surface area contributed by atoms with Crippen LogP contribution in [0.4, 0.5) is 5.69 Å². The van der Waals surface area contributed by atoms with Crippen LogP contribution < -0.4 is 9.64 Å². The van der Waals surface area contributed by atoms with Crippen LogP contribution in [-0.4, -0.2) is 47.2 Å². The molecule has 34 heavy (non-hydrogen) atoms. The number of methoxy groups -OCH3 is 1. The van der Waals surface area contributed by atoms with Gasteiger partial charge in [-0.25, -0.2) is 0 Å². The first-order chi connectivity index (χ1) is 16.5. The molecule has 1 aromatic heterocycles. The van der Waals surface area contributed by atoms with Gasteiger partial charge in [0, 0.05) is 30.4 Å². The van der Waals surface area contributed by atoms with Crippen LogP contribution in [0.25, 0.3) is 11.4 Å². The molecule has 0 spiro atoms. The number of amides is 1. The number of ether oxygens (including phenoxy) is 1. The SMILES string of the molecule is CC[C@@H](C)N(Cc1nc(-c2ccc(OC)cc2)no1)C(=O)[C@@H]1CCCN(c2ccc(C)cc2)C1. The van der Waals surface area contributed by atoms with E-state index in [0.717, 1.165) is 43.7 Å². The Labute approximate surface area is 201 Å². The van der Waals surface area contributed by atoms with E-state index in [1.807, 2.05) is 29.2 Å². The van der Waals surface area contributed by atoms with E-state index in [1.165, 1.54) is 11.3 Å². The van der Waals surface area contributed by atoms with Gasteiger partial charge in [-0.1, -0.05) is 29.8 Å². The Morgan fingerprint density at radius 3 is 2.62 bits per heavy atom. The van der Waals surface area contributed by atoms with Crippen LogP contribution in [-0.2, 0) is 11.3 Å². The van der Waals surface area contributed by atoms with Crippen LogP contribution in [0.15, 0.2) is 53.1 Å². The Kier molecular flexibility index (Phi) is 7.50. The molecule has 2 atom stereocenters. The minimum atomic E-state index is -0.0481. The van der Waals surface area contributed by atoms with Crippen LogP contribution >= 0.6 is 0 Å². The van der Waals surface area contributed by atoms with Crippen molar-refractivity contribution in [2.45, 2.75) is 52.6 Å². The smallest absolute Gasteiger partial charge is 0.246 e. The first-order valence-corrected chi connectivity index (χ1v) is 12.1. The molecule has 2 aromatic carbocycles. The maximum absolute atomic E-state index is 13.7. The van der Waals surface area contributed by atoms with Gasteiger partial charge in [0.15, 0.2) is 0 Å². The highest BCUT2D eigenvalue weighted by Gasteiger charge is 2.32. The van der Waals surface area contributed by atoms with E-state index in [0.29, 0.717) is 18.3 Å². The molecule has 0 unspecified atom stereocenters. The summed E-state index contributed by atoms with van der Waals surface area (Å²) in [5, 5.41) is 4.14. The number of rotatable bonds is 8. The molecule has 0 radical (unpaired) electrons. The minimum Gasteiger partial charge on any atom is -0.497 e. The highest BCUT2D eigenvalue weighted by Crippen LogP contribution is 2.27. The van der Waals surface area contributed by atoms with Crippen molar-refractivity contribution in [1.29, 1.82) is 0 Å². The summed E-state index contributed by atoms with van der Waals surface area (Å²) in [4.78, 5) is 22.5. The first kappa shape index (κ1) is 23.8. The molecule has 7 heteroatoms. The number of nitrogens with zero attached hydrogens (tertiary/aromatic N) is 4. The predicted octanol–water partition coefficient (Wildman–Crippen LogP) is 5.10. The zero-order chi connectivity index (χ0) is 24.1. The monoisotopic (exact) mass is 462 g/mol. The van der Waals surface area contributed by atoms with Crippen LogP contribution in [0, 0.1) is 12.8 Å². The van der Waals surface area contributed by atoms with Crippen molar-refractivity contribution in [3.8, 4) is 17.1 Å². The average molecular weight is 463 g/mol. The normalized spacial score (nSPS) is 16.8. The molecule has 0 N–H and O–H groups in total. The summed E-state index contributed by atoms with van der Waals surface area (Å²) >= 11 is 0. The Hall–Kier alpha value is -3.35. The fourth-order valence-electron chi connectivity index (χ4n) is 4.40. The lowest BCUT2D eigenvalue weighted by Gasteiger charge is -2.37. The number of hydrogen-bond donors (Lipinski definition) is 0. The van der Waals surface area contributed by atoms with Gasteiger partial charge in [0.2, 0.25) is 17.6 Å². The van der Waals surface area contributed by atoms with Crippen molar-refractivity contribution < 1.29 is 14.1 Å². The number of anilines is 1. The Bertz CT molecular complexity index is 1080. The number of carbonyl (C=O) groups is 1. The molecule has 2 heterocycles. The molecule has 1 saturated heterocycles. The number of carbonyl (C=O) groups excluding carboxylic acids is 1. The lowest BCUT2D eigenvalue weighted by molar-refractivity contribution is -0.139. The van der Waals surface area contributed by atoms with Gasteiger partial charge in [0.25, 0.3) is 0 Å². The summed E-state index contributed by atoms with van der Waals surface area (Å²) in [6, 6.07) is 16.1. The summed E-state index contributed by atoms with van der Waals surface area (Å²) in [5.41, 5.74) is 3.27. The van der Waals surface area contributed by atoms with E-state index >= 15 is 0 Å². The van der Waals surface area contributed by atoms with Gasteiger partial charge in [0.1, 0.15) is 12.3 Å². The van der Waals surface area contributed by atoms with Gasteiger partial charge < -0.3 is 19.1 Å². The summed E-state index contributed by atoms with van der Waals surface area (Å²) < 4.78 is 10.8. The van der Waals surface area contributed by atoms with Crippen molar-refractivity contribution >= 4 is 11.6 Å². The molecule has 1 aliphatic heterocycles. The zero-order valence-electron chi connectivity index (χ0n) is 20.5. The van der Waals surface area contributed by atoms with Crippen LogP contribution in [0.1, 0.15) is 44.6 Å². The van der Waals surface area contributed by atoms with Crippen molar-refractivity contribution in [2.75, 3.05) is 25.1 Å². The number of aromatic nitrogens is 2. The van der Waals surface area contributed by atoms with Crippen LogP contribution in [0.2, 0.25) is 0 Å². The molecule has 4 rings (SSSR count). The van der Waals surface area contributed by atoms with E-state index in [4.69, 9.17) is 9.26 Å². The topological polar surface area (TPSA) is 71.7 Å². The van der Waals surface area contributed by atoms with Gasteiger partial charge in [-0.05, 0) is 69.5 Å². The quantitative estimate of drug-likeness (QED) is 0.464. The van der Waals surface area contributed by atoms with Gasteiger partial charge in [-0.3, -0.25) is 4.79 Å². The molecule has 1 fully saturated rings. The molecular weight excluding hydrogens is 428 g/mol. The lowest BCUT2D eigenvalue weighted by atomic mass is 9.95. The van der Waals surface area contributed by atoms with Gasteiger partial charge in [-0.15, -0.1) is 0 Å². The minimum absolute atomic E-state index is 0.0481. The summed E-state index contributed by atoms with van der Waals surface area (Å²) in [7, 11) is 1.63. The third-order valence-corrected chi connectivity index (χ3v) is 6.70. The van der Waals surface area contributed by atoms with E-state index in [9.17, 15) is 4.79 Å². The molecule has 1 amide bonds. The number of hydrogen-bond acceptors (Lipinski definition) is 6. The van der Waals surface area contributed by atoms with E-state index in [1.54, 1.807) is 7.11 Å². The second kappa shape index (κ2) is 10.7. The molecular formula is C27H34N4O3. The van der Waals surface area contributed by atoms with E-state index in [-0.39, 0.29) is 17.9 Å². The second-order valence-electron chi connectivity index (χ2n) is 9.08. The summed E-state index contributed by atoms with van der Waals surface area (Å²) in [6.07, 6.45) is 2.76. The molecule has 3 aromatic rings. The molecule has 180 valence electrons. The molecule has 0 bridgehead atoms. The van der Waals surface area contributed by atoms with Crippen molar-refractivity contribution in [1.82, 2.24) is 15.0 Å². The Balaban J connectivity index is 1.47. The maximum atomic E-state index is 13.7.